The Morgan fingerprint density at radius 3 is 2.36 bits per heavy atom. The first-order valence-corrected chi connectivity index (χ1v) is 11.9. The Hall–Kier alpha value is -2.70. The fourth-order valence-corrected chi connectivity index (χ4v) is 4.18. The van der Waals surface area contributed by atoms with Crippen LogP contribution in [0.1, 0.15) is 47.3 Å². The third kappa shape index (κ3) is 7.69. The number of carbonyl (C=O) groups is 2. The molecule has 2 aromatic rings. The highest BCUT2D eigenvalue weighted by molar-refractivity contribution is 5.98. The van der Waals surface area contributed by atoms with Crippen LogP contribution in [0, 0.1) is 12.8 Å². The molecular weight excluding hydrogens is 412 g/mol. The van der Waals surface area contributed by atoms with Gasteiger partial charge in [-0.2, -0.15) is 0 Å². The van der Waals surface area contributed by atoms with Gasteiger partial charge in [-0.3, -0.25) is 14.5 Å². The molecule has 2 amide bonds. The van der Waals surface area contributed by atoms with Crippen LogP contribution in [-0.4, -0.2) is 60.9 Å². The Morgan fingerprint density at radius 1 is 0.970 bits per heavy atom. The monoisotopic (exact) mass is 450 g/mol. The number of rotatable bonds is 9. The number of aryl methyl sites for hydroxylation is 1. The Morgan fingerprint density at radius 2 is 1.67 bits per heavy atom. The number of carbonyl (C=O) groups excluding carboxylic acids is 2. The predicted octanol–water partition coefficient (Wildman–Crippen LogP) is 3.20. The molecule has 0 spiro atoms. The van der Waals surface area contributed by atoms with Crippen LogP contribution in [0.5, 0.6) is 0 Å². The Kier molecular flexibility index (Phi) is 9.03. The molecule has 1 fully saturated rings. The molecule has 2 N–H and O–H groups in total. The zero-order valence-electron chi connectivity index (χ0n) is 20.4. The number of likely N-dealkylation sites (N-methyl/N-ethyl adjacent to an activating group) is 1. The van der Waals surface area contributed by atoms with Crippen LogP contribution >= 0.6 is 0 Å². The molecule has 0 aliphatic carbocycles. The van der Waals surface area contributed by atoms with E-state index in [1.807, 2.05) is 31.2 Å². The van der Waals surface area contributed by atoms with Gasteiger partial charge in [0.05, 0.1) is 0 Å². The SMILES string of the molecule is Cc1ccccc1C(=O)NC(CC(C)C)C(=O)NCc1cccc(CN2CCN(C)CC2)c1. The van der Waals surface area contributed by atoms with Crippen molar-refractivity contribution in [2.75, 3.05) is 33.2 Å². The van der Waals surface area contributed by atoms with Crippen molar-refractivity contribution < 1.29 is 9.59 Å². The molecule has 1 unspecified atom stereocenters. The molecule has 0 saturated carbocycles. The molecule has 1 atom stereocenters. The zero-order chi connectivity index (χ0) is 23.8. The van der Waals surface area contributed by atoms with E-state index in [0.29, 0.717) is 18.5 Å². The van der Waals surface area contributed by atoms with Crippen LogP contribution < -0.4 is 10.6 Å². The van der Waals surface area contributed by atoms with Crippen molar-refractivity contribution in [3.8, 4) is 0 Å². The molecule has 33 heavy (non-hydrogen) atoms. The molecule has 0 aromatic heterocycles. The van der Waals surface area contributed by atoms with Gasteiger partial charge in [0.2, 0.25) is 5.91 Å². The van der Waals surface area contributed by atoms with Gasteiger partial charge in [-0.1, -0.05) is 56.3 Å². The fraction of sp³-hybridized carbons (Fsp3) is 0.481. The summed E-state index contributed by atoms with van der Waals surface area (Å²) in [4.78, 5) is 30.6. The molecule has 0 radical (unpaired) electrons. The fourth-order valence-electron chi connectivity index (χ4n) is 4.18. The van der Waals surface area contributed by atoms with Crippen molar-refractivity contribution in [3.05, 3.63) is 70.8 Å². The van der Waals surface area contributed by atoms with E-state index in [1.165, 1.54) is 5.56 Å². The predicted molar refractivity (Wildman–Crippen MR) is 133 cm³/mol. The molecule has 2 aromatic carbocycles. The van der Waals surface area contributed by atoms with E-state index in [4.69, 9.17) is 0 Å². The number of hydrogen-bond donors (Lipinski definition) is 2. The summed E-state index contributed by atoms with van der Waals surface area (Å²) in [5, 5.41) is 5.99. The van der Waals surface area contributed by atoms with Crippen molar-refractivity contribution in [2.45, 2.75) is 46.3 Å². The number of benzene rings is 2. The van der Waals surface area contributed by atoms with Crippen LogP contribution in [0.4, 0.5) is 0 Å². The molecule has 3 rings (SSSR count). The second-order valence-corrected chi connectivity index (χ2v) is 9.59. The average Bonchev–Trinajstić information content (AvgIpc) is 2.79. The standard InChI is InChI=1S/C27H38N4O2/c1-20(2)16-25(29-26(32)24-11-6-5-8-21(24)3)27(33)28-18-22-9-7-10-23(17-22)19-31-14-12-30(4)13-15-31/h5-11,17,20,25H,12-16,18-19H2,1-4H3,(H,28,33)(H,29,32). The van der Waals surface area contributed by atoms with Gasteiger partial charge in [0.25, 0.3) is 5.91 Å². The van der Waals surface area contributed by atoms with Gasteiger partial charge in [0.15, 0.2) is 0 Å². The minimum Gasteiger partial charge on any atom is -0.350 e. The lowest BCUT2D eigenvalue weighted by Crippen LogP contribution is -2.47. The first-order valence-electron chi connectivity index (χ1n) is 11.9. The maximum absolute atomic E-state index is 13.0. The summed E-state index contributed by atoms with van der Waals surface area (Å²) >= 11 is 0. The molecule has 178 valence electrons. The molecule has 6 nitrogen and oxygen atoms in total. The van der Waals surface area contributed by atoms with E-state index in [1.54, 1.807) is 6.07 Å². The van der Waals surface area contributed by atoms with E-state index in [-0.39, 0.29) is 17.7 Å². The smallest absolute Gasteiger partial charge is 0.252 e. The molecular formula is C27H38N4O2. The number of hydrogen-bond acceptors (Lipinski definition) is 4. The normalized spacial score (nSPS) is 15.9. The summed E-state index contributed by atoms with van der Waals surface area (Å²) in [5.74, 6) is -0.0667. The van der Waals surface area contributed by atoms with Crippen molar-refractivity contribution in [2.24, 2.45) is 5.92 Å². The van der Waals surface area contributed by atoms with E-state index >= 15 is 0 Å². The Bertz CT molecular complexity index is 935. The van der Waals surface area contributed by atoms with Crippen LogP contribution in [0.2, 0.25) is 0 Å². The minimum absolute atomic E-state index is 0.143. The highest BCUT2D eigenvalue weighted by Gasteiger charge is 2.23. The maximum Gasteiger partial charge on any atom is 0.252 e. The largest absolute Gasteiger partial charge is 0.350 e. The van der Waals surface area contributed by atoms with Gasteiger partial charge in [-0.05, 0) is 49.1 Å². The van der Waals surface area contributed by atoms with Gasteiger partial charge in [-0.15, -0.1) is 0 Å². The average molecular weight is 451 g/mol. The van der Waals surface area contributed by atoms with Gasteiger partial charge < -0.3 is 15.5 Å². The lowest BCUT2D eigenvalue weighted by molar-refractivity contribution is -0.123. The molecule has 1 heterocycles. The minimum atomic E-state index is -0.564. The molecule has 6 heteroatoms. The van der Waals surface area contributed by atoms with E-state index in [0.717, 1.165) is 43.9 Å². The van der Waals surface area contributed by atoms with E-state index in [9.17, 15) is 9.59 Å². The second-order valence-electron chi connectivity index (χ2n) is 9.59. The van der Waals surface area contributed by atoms with Gasteiger partial charge in [0.1, 0.15) is 6.04 Å². The van der Waals surface area contributed by atoms with Crippen LogP contribution in [0.3, 0.4) is 0 Å². The molecule has 1 aliphatic heterocycles. The topological polar surface area (TPSA) is 64.7 Å². The van der Waals surface area contributed by atoms with Crippen LogP contribution in [0.15, 0.2) is 48.5 Å². The summed E-state index contributed by atoms with van der Waals surface area (Å²) in [7, 11) is 2.16. The summed E-state index contributed by atoms with van der Waals surface area (Å²) in [5.41, 5.74) is 3.84. The molecule has 0 bridgehead atoms. The number of piperazine rings is 1. The molecule has 1 aliphatic rings. The Balaban J connectivity index is 1.58. The van der Waals surface area contributed by atoms with Crippen molar-refractivity contribution in [3.63, 3.8) is 0 Å². The van der Waals surface area contributed by atoms with Gasteiger partial charge in [-0.25, -0.2) is 0 Å². The lowest BCUT2D eigenvalue weighted by Gasteiger charge is -2.32. The van der Waals surface area contributed by atoms with Crippen LogP contribution in [0.25, 0.3) is 0 Å². The van der Waals surface area contributed by atoms with Crippen molar-refractivity contribution in [1.29, 1.82) is 0 Å². The van der Waals surface area contributed by atoms with Gasteiger partial charge >= 0.3 is 0 Å². The van der Waals surface area contributed by atoms with Crippen LogP contribution in [-0.2, 0) is 17.9 Å². The molecule has 1 saturated heterocycles. The van der Waals surface area contributed by atoms with Crippen molar-refractivity contribution in [1.82, 2.24) is 20.4 Å². The quantitative estimate of drug-likeness (QED) is 0.616. The third-order valence-electron chi connectivity index (χ3n) is 6.18. The Labute approximate surface area is 198 Å². The number of amides is 2. The highest BCUT2D eigenvalue weighted by atomic mass is 16.2. The maximum atomic E-state index is 13.0. The first kappa shape index (κ1) is 24.9. The van der Waals surface area contributed by atoms with E-state index < -0.39 is 6.04 Å². The summed E-state index contributed by atoms with van der Waals surface area (Å²) in [6.07, 6.45) is 0.590. The highest BCUT2D eigenvalue weighted by Crippen LogP contribution is 2.12. The lowest BCUT2D eigenvalue weighted by atomic mass is 10.0. The third-order valence-corrected chi connectivity index (χ3v) is 6.18. The first-order chi connectivity index (χ1) is 15.8. The zero-order valence-corrected chi connectivity index (χ0v) is 20.4. The summed E-state index contributed by atoms with van der Waals surface area (Å²) < 4.78 is 0. The van der Waals surface area contributed by atoms with Gasteiger partial charge in [0, 0.05) is 44.8 Å². The summed E-state index contributed by atoms with van der Waals surface area (Å²) in [6, 6.07) is 15.3. The second kappa shape index (κ2) is 12.0. The summed E-state index contributed by atoms with van der Waals surface area (Å²) in [6.45, 7) is 11.8. The van der Waals surface area contributed by atoms with E-state index in [2.05, 4.69) is 59.5 Å². The number of nitrogens with zero attached hydrogens (tertiary/aromatic N) is 2. The van der Waals surface area contributed by atoms with Crippen molar-refractivity contribution >= 4 is 11.8 Å². The number of nitrogens with one attached hydrogen (secondary N) is 2.